The number of hydrogen-bond donors (Lipinski definition) is 2. The minimum atomic E-state index is -0.0833. The summed E-state index contributed by atoms with van der Waals surface area (Å²) in [4.78, 5) is 11.8. The van der Waals surface area contributed by atoms with Gasteiger partial charge in [0.2, 0.25) is 0 Å². The molecule has 92 valence electrons. The number of aromatic nitrogens is 2. The van der Waals surface area contributed by atoms with Crippen molar-refractivity contribution in [3.8, 4) is 0 Å². The maximum Gasteiger partial charge on any atom is 0.271 e. The van der Waals surface area contributed by atoms with E-state index in [0.717, 1.165) is 25.3 Å². The van der Waals surface area contributed by atoms with Gasteiger partial charge in [-0.2, -0.15) is 5.10 Å². The van der Waals surface area contributed by atoms with E-state index in [1.807, 2.05) is 6.07 Å². The van der Waals surface area contributed by atoms with Crippen molar-refractivity contribution in [1.29, 1.82) is 0 Å². The lowest BCUT2D eigenvalue weighted by Crippen LogP contribution is -2.29. The number of carbonyl (C=O) groups is 1. The van der Waals surface area contributed by atoms with Gasteiger partial charge in [0.25, 0.3) is 5.91 Å². The number of amides is 1. The zero-order valence-corrected chi connectivity index (χ0v) is 9.74. The van der Waals surface area contributed by atoms with Crippen molar-refractivity contribution in [2.24, 2.45) is 5.92 Å². The van der Waals surface area contributed by atoms with E-state index in [9.17, 15) is 4.79 Å². The molecule has 2 aliphatic rings. The fraction of sp³-hybridized carbons (Fsp3) is 0.667. The second-order valence-electron chi connectivity index (χ2n) is 4.92. The Kier molecular flexibility index (Phi) is 2.84. The Balaban J connectivity index is 1.53. The number of nitrogens with one attached hydrogen (secondary N) is 2. The predicted octanol–water partition coefficient (Wildman–Crippen LogP) is 1.05. The van der Waals surface area contributed by atoms with Crippen molar-refractivity contribution in [2.45, 2.75) is 25.2 Å². The molecule has 1 saturated heterocycles. The average Bonchev–Trinajstić information content (AvgIpc) is 2.88. The number of hydrogen-bond acceptors (Lipinski definition) is 3. The van der Waals surface area contributed by atoms with Gasteiger partial charge in [-0.25, -0.2) is 0 Å². The van der Waals surface area contributed by atoms with Crippen LogP contribution >= 0.6 is 0 Å². The summed E-state index contributed by atoms with van der Waals surface area (Å²) in [5.74, 6) is 0.980. The number of rotatable bonds is 4. The second kappa shape index (κ2) is 4.49. The van der Waals surface area contributed by atoms with Crippen LogP contribution in [0.25, 0.3) is 0 Å². The van der Waals surface area contributed by atoms with Crippen molar-refractivity contribution >= 4 is 5.91 Å². The van der Waals surface area contributed by atoms with E-state index in [1.54, 1.807) is 0 Å². The predicted molar refractivity (Wildman–Crippen MR) is 61.8 cm³/mol. The first-order valence-electron chi connectivity index (χ1n) is 6.24. The number of carbonyl (C=O) groups excluding carboxylic acids is 1. The molecule has 0 unspecified atom stereocenters. The van der Waals surface area contributed by atoms with Crippen LogP contribution in [0.1, 0.15) is 41.4 Å². The molecule has 1 atom stereocenters. The molecule has 2 fully saturated rings. The van der Waals surface area contributed by atoms with E-state index in [0.29, 0.717) is 24.1 Å². The van der Waals surface area contributed by atoms with Gasteiger partial charge in [-0.15, -0.1) is 0 Å². The molecule has 17 heavy (non-hydrogen) atoms. The third-order valence-corrected chi connectivity index (χ3v) is 3.42. The summed E-state index contributed by atoms with van der Waals surface area (Å²) in [7, 11) is 0. The zero-order valence-electron chi connectivity index (χ0n) is 9.74. The summed E-state index contributed by atoms with van der Waals surface area (Å²) in [5, 5.41) is 9.91. The third kappa shape index (κ3) is 2.49. The van der Waals surface area contributed by atoms with Crippen LogP contribution in [0.2, 0.25) is 0 Å². The lowest BCUT2D eigenvalue weighted by Gasteiger charge is -2.07. The highest BCUT2D eigenvalue weighted by Crippen LogP contribution is 2.38. The summed E-state index contributed by atoms with van der Waals surface area (Å²) in [6.07, 6.45) is 3.46. The minimum absolute atomic E-state index is 0.0833. The van der Waals surface area contributed by atoms with Crippen molar-refractivity contribution in [2.75, 3.05) is 19.8 Å². The molecular weight excluding hydrogens is 218 g/mol. The first-order chi connectivity index (χ1) is 8.33. The summed E-state index contributed by atoms with van der Waals surface area (Å²) >= 11 is 0. The molecule has 1 aromatic rings. The zero-order chi connectivity index (χ0) is 11.7. The van der Waals surface area contributed by atoms with Gasteiger partial charge >= 0.3 is 0 Å². The number of H-pyrrole nitrogens is 1. The Morgan fingerprint density at radius 1 is 1.53 bits per heavy atom. The number of ether oxygens (including phenoxy) is 1. The van der Waals surface area contributed by atoms with Crippen LogP contribution in [0.15, 0.2) is 6.07 Å². The SMILES string of the molecule is O=C(NC[C@H]1CCOC1)c1cc(C2CC2)[nH]n1. The molecule has 1 aromatic heterocycles. The topological polar surface area (TPSA) is 67.0 Å². The molecule has 0 bridgehead atoms. The monoisotopic (exact) mass is 235 g/mol. The van der Waals surface area contributed by atoms with E-state index < -0.39 is 0 Å². The first-order valence-corrected chi connectivity index (χ1v) is 6.24. The molecule has 0 radical (unpaired) electrons. The summed E-state index contributed by atoms with van der Waals surface area (Å²) in [6.45, 7) is 2.26. The standard InChI is InChI=1S/C12H17N3O2/c16-12(13-6-8-3-4-17-7-8)11-5-10(14-15-11)9-1-2-9/h5,8-9H,1-4,6-7H2,(H,13,16)(H,14,15)/t8-/m1/s1. The van der Waals surface area contributed by atoms with Crippen molar-refractivity contribution in [3.63, 3.8) is 0 Å². The number of nitrogens with zero attached hydrogens (tertiary/aromatic N) is 1. The highest BCUT2D eigenvalue weighted by Gasteiger charge is 2.26. The van der Waals surface area contributed by atoms with Crippen LogP contribution in [0.3, 0.4) is 0 Å². The van der Waals surface area contributed by atoms with Crippen LogP contribution in [0, 0.1) is 5.92 Å². The van der Waals surface area contributed by atoms with E-state index in [2.05, 4.69) is 15.5 Å². The van der Waals surface area contributed by atoms with Crippen molar-refractivity contribution in [1.82, 2.24) is 15.5 Å². The Labute approximate surface area is 99.9 Å². The summed E-state index contributed by atoms with van der Waals surface area (Å²) in [5.41, 5.74) is 1.60. The lowest BCUT2D eigenvalue weighted by molar-refractivity contribution is 0.0940. The number of aromatic amines is 1. The van der Waals surface area contributed by atoms with Gasteiger partial charge in [0.1, 0.15) is 5.69 Å². The van der Waals surface area contributed by atoms with Crippen LogP contribution < -0.4 is 5.32 Å². The molecule has 2 N–H and O–H groups in total. The molecule has 1 amide bonds. The van der Waals surface area contributed by atoms with Crippen LogP contribution in [0.5, 0.6) is 0 Å². The lowest BCUT2D eigenvalue weighted by atomic mass is 10.1. The van der Waals surface area contributed by atoms with E-state index in [1.165, 1.54) is 12.8 Å². The van der Waals surface area contributed by atoms with Crippen LogP contribution in [0.4, 0.5) is 0 Å². The Morgan fingerprint density at radius 3 is 3.12 bits per heavy atom. The average molecular weight is 235 g/mol. The fourth-order valence-electron chi connectivity index (χ4n) is 2.13. The van der Waals surface area contributed by atoms with Gasteiger partial charge in [-0.05, 0) is 25.3 Å². The maximum atomic E-state index is 11.8. The third-order valence-electron chi connectivity index (χ3n) is 3.42. The van der Waals surface area contributed by atoms with Gasteiger partial charge in [-0.1, -0.05) is 0 Å². The molecule has 2 heterocycles. The smallest absolute Gasteiger partial charge is 0.271 e. The maximum absolute atomic E-state index is 11.8. The van der Waals surface area contributed by atoms with E-state index in [4.69, 9.17) is 4.74 Å². The molecule has 0 spiro atoms. The normalized spacial score (nSPS) is 23.9. The second-order valence-corrected chi connectivity index (χ2v) is 4.92. The molecule has 5 heteroatoms. The van der Waals surface area contributed by atoms with Gasteiger partial charge in [0.05, 0.1) is 6.61 Å². The molecule has 5 nitrogen and oxygen atoms in total. The van der Waals surface area contributed by atoms with Gasteiger partial charge < -0.3 is 10.1 Å². The molecule has 1 aliphatic carbocycles. The van der Waals surface area contributed by atoms with Crippen molar-refractivity contribution < 1.29 is 9.53 Å². The minimum Gasteiger partial charge on any atom is -0.381 e. The highest BCUT2D eigenvalue weighted by molar-refractivity contribution is 5.92. The van der Waals surface area contributed by atoms with E-state index >= 15 is 0 Å². The Bertz CT molecular complexity index is 406. The fourth-order valence-corrected chi connectivity index (χ4v) is 2.13. The van der Waals surface area contributed by atoms with Gasteiger partial charge in [0, 0.05) is 30.7 Å². The Morgan fingerprint density at radius 2 is 2.41 bits per heavy atom. The highest BCUT2D eigenvalue weighted by atomic mass is 16.5. The summed E-state index contributed by atoms with van der Waals surface area (Å²) in [6, 6.07) is 1.87. The van der Waals surface area contributed by atoms with E-state index in [-0.39, 0.29) is 5.91 Å². The molecule has 1 aliphatic heterocycles. The molecule has 0 aromatic carbocycles. The van der Waals surface area contributed by atoms with Gasteiger partial charge in [-0.3, -0.25) is 9.89 Å². The summed E-state index contributed by atoms with van der Waals surface area (Å²) < 4.78 is 5.27. The quantitative estimate of drug-likeness (QED) is 0.819. The largest absolute Gasteiger partial charge is 0.381 e. The first kappa shape index (κ1) is 10.8. The molecule has 3 rings (SSSR count). The Hall–Kier alpha value is -1.36. The molecule has 1 saturated carbocycles. The van der Waals surface area contributed by atoms with Crippen LogP contribution in [-0.2, 0) is 4.74 Å². The van der Waals surface area contributed by atoms with Crippen LogP contribution in [-0.4, -0.2) is 35.9 Å². The van der Waals surface area contributed by atoms with Gasteiger partial charge in [0.15, 0.2) is 0 Å². The van der Waals surface area contributed by atoms with Crippen molar-refractivity contribution in [3.05, 3.63) is 17.5 Å². The molecular formula is C12H17N3O2.